The van der Waals surface area contributed by atoms with Crippen molar-refractivity contribution in [3.05, 3.63) is 0 Å². The first kappa shape index (κ1) is 25.3. The average Bonchev–Trinajstić information content (AvgIpc) is 2.68. The molecule has 1 saturated heterocycles. The first-order valence-corrected chi connectivity index (χ1v) is 7.94. The van der Waals surface area contributed by atoms with Crippen LogP contribution < -0.4 is 0 Å². The van der Waals surface area contributed by atoms with E-state index in [-0.39, 0.29) is 51.9 Å². The molecule has 1 aliphatic heterocycles. The monoisotopic (exact) mass is 364 g/mol. The van der Waals surface area contributed by atoms with E-state index in [4.69, 9.17) is 4.74 Å². The van der Waals surface area contributed by atoms with Crippen LogP contribution in [-0.4, -0.2) is 63.3 Å². The molecular weight excluding hydrogens is 328 g/mol. The number of aliphatic hydroxyl groups excluding tert-OH is 1. The zero-order valence-corrected chi connectivity index (χ0v) is 16.3. The minimum atomic E-state index is -0.692. The van der Waals surface area contributed by atoms with Crippen molar-refractivity contribution in [3.8, 4) is 0 Å². The zero-order valence-electron chi connectivity index (χ0n) is 15.3. The van der Waals surface area contributed by atoms with Gasteiger partial charge in [-0.2, -0.15) is 13.5 Å². The molecule has 1 fully saturated rings. The molecule has 1 rings (SSSR count). The van der Waals surface area contributed by atoms with Gasteiger partial charge in [0.1, 0.15) is 11.6 Å². The minimum absolute atomic E-state index is 0. The smallest absolute Gasteiger partial charge is 0.411 e. The van der Waals surface area contributed by atoms with Gasteiger partial charge in [0, 0.05) is 18.5 Å². The molecule has 2 atom stereocenters. The van der Waals surface area contributed by atoms with Gasteiger partial charge in [-0.05, 0) is 48.5 Å². The minimum Gasteiger partial charge on any atom is -0.444 e. The van der Waals surface area contributed by atoms with Crippen molar-refractivity contribution in [2.75, 3.05) is 6.54 Å². The highest BCUT2D eigenvalue weighted by molar-refractivity contribution is 7.59. The number of nitrogens with zero attached hydrogens (tertiary/aromatic N) is 2. The first-order chi connectivity index (χ1) is 9.94. The average molecular weight is 365 g/mol. The number of carbonyl (C=O) groups is 2. The summed E-state index contributed by atoms with van der Waals surface area (Å²) in [6.45, 7) is 13.3. The molecule has 2 amide bonds. The quantitative estimate of drug-likeness (QED) is 0.836. The van der Waals surface area contributed by atoms with Gasteiger partial charge in [0.2, 0.25) is 5.91 Å². The third kappa shape index (κ3) is 6.51. The number of hydrogen-bond acceptors (Lipinski definition) is 4. The van der Waals surface area contributed by atoms with Crippen molar-refractivity contribution in [3.63, 3.8) is 0 Å². The number of aliphatic hydroxyl groups is 1. The summed E-state index contributed by atoms with van der Waals surface area (Å²) in [5.41, 5.74) is -0.631. The zero-order chi connectivity index (χ0) is 17.2. The van der Waals surface area contributed by atoms with Gasteiger partial charge in [-0.1, -0.05) is 7.43 Å². The number of carbonyl (C=O) groups excluding carboxylic acids is 2. The molecule has 7 heteroatoms. The molecule has 6 nitrogen and oxygen atoms in total. The van der Waals surface area contributed by atoms with E-state index >= 15 is 0 Å². The Balaban J connectivity index is 0. The summed E-state index contributed by atoms with van der Waals surface area (Å²) in [5.74, 6) is -0.132. The molecule has 0 aromatic heterocycles. The summed E-state index contributed by atoms with van der Waals surface area (Å²) in [5, 5.41) is 9.90. The second kappa shape index (κ2) is 9.51. The maximum absolute atomic E-state index is 12.8. The Bertz CT molecular complexity index is 413. The maximum Gasteiger partial charge on any atom is 0.411 e. The summed E-state index contributed by atoms with van der Waals surface area (Å²) < 4.78 is 5.36. The number of likely N-dealkylation sites (tertiary alicyclic amines) is 1. The van der Waals surface area contributed by atoms with Crippen molar-refractivity contribution in [1.82, 2.24) is 9.80 Å². The van der Waals surface area contributed by atoms with Crippen LogP contribution in [0.3, 0.4) is 0 Å². The fraction of sp³-hybridized carbons (Fsp3) is 0.882. The van der Waals surface area contributed by atoms with Crippen LogP contribution in [0, 0.1) is 0 Å². The maximum atomic E-state index is 12.8. The van der Waals surface area contributed by atoms with E-state index in [2.05, 4.69) is 0 Å². The van der Waals surface area contributed by atoms with Crippen LogP contribution in [0.1, 0.15) is 62.3 Å². The molecule has 144 valence electrons. The Kier molecular flexibility index (Phi) is 10.0. The van der Waals surface area contributed by atoms with Gasteiger partial charge >= 0.3 is 6.09 Å². The molecular formula is C17H36N2O4S. The molecule has 0 bridgehead atoms. The highest BCUT2D eigenvalue weighted by Gasteiger charge is 2.43. The second-order valence-electron chi connectivity index (χ2n) is 7.47. The lowest BCUT2D eigenvalue weighted by Gasteiger charge is -2.35. The summed E-state index contributed by atoms with van der Waals surface area (Å²) in [4.78, 5) is 28.2. The Hall–Kier alpha value is -0.950. The van der Waals surface area contributed by atoms with Crippen LogP contribution >= 0.6 is 13.5 Å². The Morgan fingerprint density at radius 3 is 2.00 bits per heavy atom. The van der Waals surface area contributed by atoms with Crippen LogP contribution in [0.5, 0.6) is 0 Å². The fourth-order valence-electron chi connectivity index (χ4n) is 2.85. The molecule has 1 aliphatic rings. The van der Waals surface area contributed by atoms with Crippen molar-refractivity contribution < 1.29 is 19.4 Å². The van der Waals surface area contributed by atoms with E-state index in [1.54, 1.807) is 25.7 Å². The third-order valence-corrected chi connectivity index (χ3v) is 3.56. The van der Waals surface area contributed by atoms with Crippen LogP contribution in [0.2, 0.25) is 0 Å². The Labute approximate surface area is 154 Å². The number of rotatable bonds is 3. The molecule has 1 heterocycles. The standard InChI is InChI=1S/C16H30N2O4.CH4.H2S/c1-10(2)18(11(3)4)14(20)13-8-12(19)9-17(13)15(21)22-16(5,6)7;;/h10-13,19H,8-9H2,1-7H3;1H4;1H2/t12-,13?;;/m1../s1. The molecule has 0 saturated carbocycles. The molecule has 0 aromatic carbocycles. The largest absolute Gasteiger partial charge is 0.444 e. The predicted molar refractivity (Wildman–Crippen MR) is 102 cm³/mol. The van der Waals surface area contributed by atoms with Crippen molar-refractivity contribution >= 4 is 25.5 Å². The molecule has 24 heavy (non-hydrogen) atoms. The Morgan fingerprint density at radius 2 is 1.62 bits per heavy atom. The summed E-state index contributed by atoms with van der Waals surface area (Å²) >= 11 is 0. The molecule has 1 unspecified atom stereocenters. The van der Waals surface area contributed by atoms with E-state index in [0.29, 0.717) is 0 Å². The Morgan fingerprint density at radius 1 is 1.17 bits per heavy atom. The van der Waals surface area contributed by atoms with Gasteiger partial charge < -0.3 is 14.7 Å². The lowest BCUT2D eigenvalue weighted by Crippen LogP contribution is -2.52. The first-order valence-electron chi connectivity index (χ1n) is 7.94. The van der Waals surface area contributed by atoms with Crippen LogP contribution in [0.15, 0.2) is 0 Å². The summed E-state index contributed by atoms with van der Waals surface area (Å²) in [6, 6.07) is -0.592. The van der Waals surface area contributed by atoms with Crippen LogP contribution in [0.25, 0.3) is 0 Å². The number of ether oxygens (including phenoxy) is 1. The van der Waals surface area contributed by atoms with Crippen molar-refractivity contribution in [2.45, 2.75) is 92.1 Å². The lowest BCUT2D eigenvalue weighted by atomic mass is 10.1. The third-order valence-electron chi connectivity index (χ3n) is 3.56. The van der Waals surface area contributed by atoms with E-state index in [1.165, 1.54) is 4.90 Å². The summed E-state index contributed by atoms with van der Waals surface area (Å²) in [6.07, 6.45) is -0.980. The van der Waals surface area contributed by atoms with Crippen molar-refractivity contribution in [2.24, 2.45) is 0 Å². The lowest BCUT2D eigenvalue weighted by molar-refractivity contribution is -0.139. The molecule has 0 aromatic rings. The van der Waals surface area contributed by atoms with Gasteiger partial charge in [-0.15, -0.1) is 0 Å². The second-order valence-corrected chi connectivity index (χ2v) is 7.47. The molecule has 0 aliphatic carbocycles. The van der Waals surface area contributed by atoms with Gasteiger partial charge in [-0.3, -0.25) is 9.69 Å². The topological polar surface area (TPSA) is 70.1 Å². The molecule has 0 radical (unpaired) electrons. The van der Waals surface area contributed by atoms with Gasteiger partial charge in [-0.25, -0.2) is 4.79 Å². The van der Waals surface area contributed by atoms with Crippen LogP contribution in [-0.2, 0) is 9.53 Å². The highest BCUT2D eigenvalue weighted by Crippen LogP contribution is 2.24. The van der Waals surface area contributed by atoms with E-state index in [0.717, 1.165) is 0 Å². The van der Waals surface area contributed by atoms with Gasteiger partial charge in [0.15, 0.2) is 0 Å². The number of β-amino-alcohol motifs (C(OH)–C–C–N with tert-alkyl or cyclic N) is 1. The molecule has 0 spiro atoms. The van der Waals surface area contributed by atoms with E-state index < -0.39 is 23.8 Å². The number of amides is 2. The number of hydrogen-bond donors (Lipinski definition) is 1. The SMILES string of the molecule is C.CC(C)N(C(=O)C1C[C@@H](O)CN1C(=O)OC(C)(C)C)C(C)C.S. The predicted octanol–water partition coefficient (Wildman–Crippen LogP) is 2.75. The normalized spacial score (nSPS) is 20.5. The van der Waals surface area contributed by atoms with Gasteiger partial charge in [0.25, 0.3) is 0 Å². The van der Waals surface area contributed by atoms with E-state index in [1.807, 2.05) is 27.7 Å². The van der Waals surface area contributed by atoms with Gasteiger partial charge in [0.05, 0.1) is 12.6 Å². The highest BCUT2D eigenvalue weighted by atomic mass is 32.1. The fourth-order valence-corrected chi connectivity index (χ4v) is 2.85. The summed E-state index contributed by atoms with van der Waals surface area (Å²) in [7, 11) is 0. The van der Waals surface area contributed by atoms with Crippen LogP contribution in [0.4, 0.5) is 4.79 Å². The molecule has 1 N–H and O–H groups in total. The van der Waals surface area contributed by atoms with Crippen molar-refractivity contribution in [1.29, 1.82) is 0 Å². The van der Waals surface area contributed by atoms with E-state index in [9.17, 15) is 14.7 Å².